The van der Waals surface area contributed by atoms with Crippen LogP contribution in [0.2, 0.25) is 0 Å². The molecule has 0 aliphatic rings. The standard InChI is InChI=1S/C13H16FNO4/c1-8(3-6-12(16)17)15-13(18)9-4-5-10(14)11(7-9)19-2/h4-5,7-8H,3,6H2,1-2H3,(H,15,18)(H,16,17). The number of carboxylic acids is 1. The lowest BCUT2D eigenvalue weighted by Crippen LogP contribution is -2.32. The van der Waals surface area contributed by atoms with Crippen LogP contribution in [-0.4, -0.2) is 30.1 Å². The first-order chi connectivity index (χ1) is 8.93. The molecule has 19 heavy (non-hydrogen) atoms. The highest BCUT2D eigenvalue weighted by molar-refractivity contribution is 5.94. The minimum atomic E-state index is -0.912. The first-order valence-corrected chi connectivity index (χ1v) is 5.80. The van der Waals surface area contributed by atoms with E-state index in [4.69, 9.17) is 9.84 Å². The zero-order valence-corrected chi connectivity index (χ0v) is 10.8. The third-order valence-electron chi connectivity index (χ3n) is 2.58. The molecule has 0 radical (unpaired) electrons. The maximum atomic E-state index is 13.2. The van der Waals surface area contributed by atoms with Crippen molar-refractivity contribution in [2.75, 3.05) is 7.11 Å². The van der Waals surface area contributed by atoms with Gasteiger partial charge in [-0.25, -0.2) is 4.39 Å². The van der Waals surface area contributed by atoms with Gasteiger partial charge in [0.15, 0.2) is 11.6 Å². The maximum absolute atomic E-state index is 13.2. The molecule has 0 aliphatic heterocycles. The smallest absolute Gasteiger partial charge is 0.303 e. The molecular weight excluding hydrogens is 253 g/mol. The molecule has 5 nitrogen and oxygen atoms in total. The summed E-state index contributed by atoms with van der Waals surface area (Å²) in [6, 6.07) is 3.51. The van der Waals surface area contributed by atoms with Crippen LogP contribution in [0.1, 0.15) is 30.1 Å². The van der Waals surface area contributed by atoms with Gasteiger partial charge in [0.1, 0.15) is 0 Å². The fourth-order valence-electron chi connectivity index (χ4n) is 1.52. The highest BCUT2D eigenvalue weighted by atomic mass is 19.1. The Balaban J connectivity index is 2.65. The monoisotopic (exact) mass is 269 g/mol. The van der Waals surface area contributed by atoms with E-state index in [1.165, 1.54) is 19.2 Å². The fourth-order valence-corrected chi connectivity index (χ4v) is 1.52. The molecule has 1 rings (SSSR count). The average molecular weight is 269 g/mol. The van der Waals surface area contributed by atoms with Gasteiger partial charge in [0.25, 0.3) is 5.91 Å². The Labute approximate surface area is 110 Å². The van der Waals surface area contributed by atoms with Crippen LogP contribution in [0.4, 0.5) is 4.39 Å². The lowest BCUT2D eigenvalue weighted by atomic mass is 10.1. The summed E-state index contributed by atoms with van der Waals surface area (Å²) in [5, 5.41) is 11.2. The molecule has 1 amide bonds. The second-order valence-electron chi connectivity index (χ2n) is 4.16. The zero-order chi connectivity index (χ0) is 14.4. The molecular formula is C13H16FNO4. The van der Waals surface area contributed by atoms with Crippen LogP contribution in [0.5, 0.6) is 5.75 Å². The van der Waals surface area contributed by atoms with Crippen LogP contribution in [-0.2, 0) is 4.79 Å². The van der Waals surface area contributed by atoms with Gasteiger partial charge in [-0.2, -0.15) is 0 Å². The van der Waals surface area contributed by atoms with Crippen molar-refractivity contribution in [1.82, 2.24) is 5.32 Å². The van der Waals surface area contributed by atoms with Gasteiger partial charge in [-0.1, -0.05) is 0 Å². The van der Waals surface area contributed by atoms with Crippen molar-refractivity contribution in [2.45, 2.75) is 25.8 Å². The maximum Gasteiger partial charge on any atom is 0.303 e. The molecule has 1 unspecified atom stereocenters. The number of nitrogens with one attached hydrogen (secondary N) is 1. The van der Waals surface area contributed by atoms with Crippen molar-refractivity contribution in [1.29, 1.82) is 0 Å². The first kappa shape index (κ1) is 14.9. The lowest BCUT2D eigenvalue weighted by molar-refractivity contribution is -0.137. The summed E-state index contributed by atoms with van der Waals surface area (Å²) < 4.78 is 18.0. The van der Waals surface area contributed by atoms with Crippen LogP contribution >= 0.6 is 0 Å². The Morgan fingerprint density at radius 1 is 1.47 bits per heavy atom. The van der Waals surface area contributed by atoms with E-state index in [0.29, 0.717) is 6.42 Å². The highest BCUT2D eigenvalue weighted by Gasteiger charge is 2.13. The Kier molecular flexibility index (Phi) is 5.29. The summed E-state index contributed by atoms with van der Waals surface area (Å²) in [6.07, 6.45) is 0.313. The Bertz CT molecular complexity index is 476. The number of aliphatic carboxylic acids is 1. The topological polar surface area (TPSA) is 75.6 Å². The molecule has 0 heterocycles. The van der Waals surface area contributed by atoms with E-state index < -0.39 is 17.7 Å². The number of rotatable bonds is 6. The van der Waals surface area contributed by atoms with Crippen molar-refractivity contribution in [2.24, 2.45) is 0 Å². The molecule has 0 aromatic heterocycles. The van der Waals surface area contributed by atoms with Crippen LogP contribution in [0.3, 0.4) is 0 Å². The molecule has 6 heteroatoms. The average Bonchev–Trinajstić information content (AvgIpc) is 2.36. The molecule has 1 atom stereocenters. The molecule has 0 saturated carbocycles. The second-order valence-corrected chi connectivity index (χ2v) is 4.16. The normalized spacial score (nSPS) is 11.7. The second kappa shape index (κ2) is 6.72. The van der Waals surface area contributed by atoms with Gasteiger partial charge in [-0.3, -0.25) is 9.59 Å². The molecule has 0 fully saturated rings. The van der Waals surface area contributed by atoms with Gasteiger partial charge in [-0.05, 0) is 31.5 Å². The van der Waals surface area contributed by atoms with Gasteiger partial charge in [0, 0.05) is 18.0 Å². The predicted octanol–water partition coefficient (Wildman–Crippen LogP) is 1.82. The van der Waals surface area contributed by atoms with E-state index in [9.17, 15) is 14.0 Å². The summed E-state index contributed by atoms with van der Waals surface area (Å²) in [5.74, 6) is -1.86. The zero-order valence-electron chi connectivity index (χ0n) is 10.8. The summed E-state index contributed by atoms with van der Waals surface area (Å²) in [7, 11) is 1.32. The van der Waals surface area contributed by atoms with Crippen molar-refractivity contribution >= 4 is 11.9 Å². The molecule has 0 spiro atoms. The molecule has 104 valence electrons. The van der Waals surface area contributed by atoms with Gasteiger partial charge in [0.2, 0.25) is 0 Å². The van der Waals surface area contributed by atoms with Crippen LogP contribution in [0.25, 0.3) is 0 Å². The fraction of sp³-hybridized carbons (Fsp3) is 0.385. The number of amides is 1. The van der Waals surface area contributed by atoms with E-state index in [1.54, 1.807) is 6.92 Å². The van der Waals surface area contributed by atoms with E-state index in [1.807, 2.05) is 0 Å². The SMILES string of the molecule is COc1cc(C(=O)NC(C)CCC(=O)O)ccc1F. The van der Waals surface area contributed by atoms with Crippen LogP contribution < -0.4 is 10.1 Å². The van der Waals surface area contributed by atoms with Crippen molar-refractivity contribution in [3.63, 3.8) is 0 Å². The highest BCUT2D eigenvalue weighted by Crippen LogP contribution is 2.18. The third-order valence-corrected chi connectivity index (χ3v) is 2.58. The van der Waals surface area contributed by atoms with E-state index in [0.717, 1.165) is 6.07 Å². The summed E-state index contributed by atoms with van der Waals surface area (Å²) in [6.45, 7) is 1.71. The number of ether oxygens (including phenoxy) is 1. The molecule has 2 N–H and O–H groups in total. The molecule has 0 bridgehead atoms. The number of hydrogen-bond donors (Lipinski definition) is 2. The third kappa shape index (κ3) is 4.57. The van der Waals surface area contributed by atoms with E-state index in [-0.39, 0.29) is 23.8 Å². The van der Waals surface area contributed by atoms with Gasteiger partial charge >= 0.3 is 5.97 Å². The predicted molar refractivity (Wildman–Crippen MR) is 66.8 cm³/mol. The Morgan fingerprint density at radius 3 is 2.74 bits per heavy atom. The molecule has 0 aliphatic carbocycles. The lowest BCUT2D eigenvalue weighted by Gasteiger charge is -2.13. The molecule has 1 aromatic rings. The number of carbonyl (C=O) groups excluding carboxylic acids is 1. The Hall–Kier alpha value is -2.11. The molecule has 1 aromatic carbocycles. The van der Waals surface area contributed by atoms with Gasteiger partial charge < -0.3 is 15.2 Å². The number of hydrogen-bond acceptors (Lipinski definition) is 3. The number of methoxy groups -OCH3 is 1. The van der Waals surface area contributed by atoms with Gasteiger partial charge in [0.05, 0.1) is 7.11 Å². The van der Waals surface area contributed by atoms with E-state index >= 15 is 0 Å². The van der Waals surface area contributed by atoms with E-state index in [2.05, 4.69) is 5.32 Å². The van der Waals surface area contributed by atoms with Crippen molar-refractivity contribution in [3.05, 3.63) is 29.6 Å². The Morgan fingerprint density at radius 2 is 2.16 bits per heavy atom. The first-order valence-electron chi connectivity index (χ1n) is 5.80. The number of carbonyl (C=O) groups is 2. The number of halogens is 1. The summed E-state index contributed by atoms with van der Waals surface area (Å²) >= 11 is 0. The van der Waals surface area contributed by atoms with Gasteiger partial charge in [-0.15, -0.1) is 0 Å². The van der Waals surface area contributed by atoms with Crippen LogP contribution in [0, 0.1) is 5.82 Å². The number of benzene rings is 1. The number of carboxylic acid groups (broad SMARTS) is 1. The minimum absolute atomic E-state index is 0.00848. The largest absolute Gasteiger partial charge is 0.494 e. The minimum Gasteiger partial charge on any atom is -0.494 e. The van der Waals surface area contributed by atoms with Crippen molar-refractivity contribution < 1.29 is 23.8 Å². The quantitative estimate of drug-likeness (QED) is 0.826. The van der Waals surface area contributed by atoms with Crippen molar-refractivity contribution in [3.8, 4) is 5.75 Å². The summed E-state index contributed by atoms with van der Waals surface area (Å²) in [5.41, 5.74) is 0.264. The molecule has 0 saturated heterocycles. The van der Waals surface area contributed by atoms with Crippen LogP contribution in [0.15, 0.2) is 18.2 Å². The summed E-state index contributed by atoms with van der Waals surface area (Å²) in [4.78, 5) is 22.3.